The van der Waals surface area contributed by atoms with Crippen molar-refractivity contribution in [1.29, 1.82) is 0 Å². The van der Waals surface area contributed by atoms with E-state index in [1.807, 2.05) is 13.1 Å². The number of carbonyl (C=O) groups excluding carboxylic acids is 1. The van der Waals surface area contributed by atoms with Crippen molar-refractivity contribution in [3.05, 3.63) is 18.2 Å². The van der Waals surface area contributed by atoms with E-state index in [-0.39, 0.29) is 24.8 Å². The number of hydrogen-bond donors (Lipinski definition) is 0. The summed E-state index contributed by atoms with van der Waals surface area (Å²) in [5, 5.41) is 0. The maximum atomic E-state index is 13.0. The number of rotatable bonds is 2. The maximum absolute atomic E-state index is 13.0. The first-order chi connectivity index (χ1) is 11.4. The van der Waals surface area contributed by atoms with Crippen LogP contribution in [0.25, 0.3) is 0 Å². The van der Waals surface area contributed by atoms with Crippen LogP contribution in [0.4, 0.5) is 13.2 Å². The number of aryl methyl sites for hydroxylation is 1. The molecule has 1 aromatic heterocycles. The summed E-state index contributed by atoms with van der Waals surface area (Å²) >= 11 is 0. The number of aromatic nitrogens is 2. The Morgan fingerprint density at radius 3 is 2.71 bits per heavy atom. The molecule has 0 bridgehead atoms. The highest BCUT2D eigenvalue weighted by Crippen LogP contribution is 2.40. The van der Waals surface area contributed by atoms with E-state index in [0.717, 1.165) is 18.7 Å². The molecule has 1 aliphatic heterocycles. The van der Waals surface area contributed by atoms with Crippen molar-refractivity contribution in [3.63, 3.8) is 0 Å². The van der Waals surface area contributed by atoms with Crippen LogP contribution in [-0.2, 0) is 4.79 Å². The first kappa shape index (κ1) is 17.3. The molecule has 3 atom stereocenters. The molecule has 134 valence electrons. The lowest BCUT2D eigenvalue weighted by atomic mass is 9.80. The highest BCUT2D eigenvalue weighted by Gasteiger charge is 2.44. The molecule has 0 radical (unpaired) electrons. The topological polar surface area (TPSA) is 38.1 Å². The first-order valence-electron chi connectivity index (χ1n) is 8.71. The van der Waals surface area contributed by atoms with Crippen LogP contribution < -0.4 is 0 Å². The van der Waals surface area contributed by atoms with Crippen LogP contribution in [0.15, 0.2) is 12.4 Å². The van der Waals surface area contributed by atoms with E-state index >= 15 is 0 Å². The van der Waals surface area contributed by atoms with E-state index in [2.05, 4.69) is 9.55 Å². The van der Waals surface area contributed by atoms with Crippen LogP contribution in [0.3, 0.4) is 0 Å². The van der Waals surface area contributed by atoms with Gasteiger partial charge in [-0.05, 0) is 39.0 Å². The SMILES string of the molecule is Cc1nccn1[C@@H]1CCCN(C(=O)[C@H]2CCC[C@H](C(F)(F)F)C2)C1. The Morgan fingerprint density at radius 2 is 2.04 bits per heavy atom. The lowest BCUT2D eigenvalue weighted by Gasteiger charge is -2.38. The Balaban J connectivity index is 1.65. The summed E-state index contributed by atoms with van der Waals surface area (Å²) in [6.45, 7) is 3.15. The molecule has 7 heteroatoms. The predicted molar refractivity (Wildman–Crippen MR) is 83.3 cm³/mol. The number of nitrogens with zero attached hydrogens (tertiary/aromatic N) is 3. The minimum absolute atomic E-state index is 0.0480. The third-order valence-corrected chi connectivity index (χ3v) is 5.45. The van der Waals surface area contributed by atoms with E-state index < -0.39 is 18.0 Å². The van der Waals surface area contributed by atoms with Gasteiger partial charge in [-0.15, -0.1) is 0 Å². The molecule has 0 unspecified atom stereocenters. The minimum Gasteiger partial charge on any atom is -0.340 e. The summed E-state index contributed by atoms with van der Waals surface area (Å²) in [7, 11) is 0. The fraction of sp³-hybridized carbons (Fsp3) is 0.765. The molecule has 3 rings (SSSR count). The Bertz CT molecular complexity index is 584. The zero-order valence-electron chi connectivity index (χ0n) is 13.9. The van der Waals surface area contributed by atoms with Gasteiger partial charge in [0.1, 0.15) is 5.82 Å². The van der Waals surface area contributed by atoms with Gasteiger partial charge < -0.3 is 9.47 Å². The largest absolute Gasteiger partial charge is 0.391 e. The van der Waals surface area contributed by atoms with Crippen molar-refractivity contribution in [2.24, 2.45) is 11.8 Å². The van der Waals surface area contributed by atoms with Crippen molar-refractivity contribution >= 4 is 5.91 Å². The molecule has 0 aromatic carbocycles. The summed E-state index contributed by atoms with van der Waals surface area (Å²) in [5.74, 6) is -0.986. The van der Waals surface area contributed by atoms with Gasteiger partial charge in [-0.2, -0.15) is 13.2 Å². The normalized spacial score (nSPS) is 28.8. The van der Waals surface area contributed by atoms with Gasteiger partial charge in [-0.1, -0.05) is 6.42 Å². The lowest BCUT2D eigenvalue weighted by Crippen LogP contribution is -2.45. The van der Waals surface area contributed by atoms with Crippen molar-refractivity contribution < 1.29 is 18.0 Å². The molecule has 2 aliphatic rings. The number of halogens is 3. The smallest absolute Gasteiger partial charge is 0.340 e. The van der Waals surface area contributed by atoms with Crippen LogP contribution in [0.2, 0.25) is 0 Å². The number of carbonyl (C=O) groups is 1. The molecule has 1 amide bonds. The van der Waals surface area contributed by atoms with Gasteiger partial charge in [0, 0.05) is 31.4 Å². The number of piperidine rings is 1. The molecule has 1 saturated carbocycles. The van der Waals surface area contributed by atoms with Crippen molar-refractivity contribution in [2.75, 3.05) is 13.1 Å². The van der Waals surface area contributed by atoms with Gasteiger partial charge in [-0.25, -0.2) is 4.98 Å². The molecule has 0 N–H and O–H groups in total. The van der Waals surface area contributed by atoms with Crippen molar-refractivity contribution in [1.82, 2.24) is 14.5 Å². The third-order valence-electron chi connectivity index (χ3n) is 5.45. The van der Waals surface area contributed by atoms with E-state index in [0.29, 0.717) is 25.9 Å². The maximum Gasteiger partial charge on any atom is 0.391 e. The Hall–Kier alpha value is -1.53. The van der Waals surface area contributed by atoms with Crippen LogP contribution in [0, 0.1) is 18.8 Å². The molecule has 1 aromatic rings. The van der Waals surface area contributed by atoms with Gasteiger partial charge in [0.2, 0.25) is 5.91 Å². The van der Waals surface area contributed by atoms with Crippen molar-refractivity contribution in [3.8, 4) is 0 Å². The van der Waals surface area contributed by atoms with Crippen LogP contribution in [0.5, 0.6) is 0 Å². The van der Waals surface area contributed by atoms with E-state index in [1.165, 1.54) is 0 Å². The monoisotopic (exact) mass is 343 g/mol. The lowest BCUT2D eigenvalue weighted by molar-refractivity contribution is -0.187. The molecule has 1 aliphatic carbocycles. The minimum atomic E-state index is -4.18. The first-order valence-corrected chi connectivity index (χ1v) is 8.71. The zero-order chi connectivity index (χ0) is 17.3. The second kappa shape index (κ2) is 6.76. The molecule has 24 heavy (non-hydrogen) atoms. The molecule has 1 saturated heterocycles. The summed E-state index contributed by atoms with van der Waals surface area (Å²) < 4.78 is 41.0. The molecule has 0 spiro atoms. The Labute approximate surface area is 140 Å². The standard InChI is InChI=1S/C17H24F3N3O/c1-12-21-7-9-23(12)15-6-3-8-22(11-15)16(24)13-4-2-5-14(10-13)17(18,19)20/h7,9,13-15H,2-6,8,10-11H2,1H3/t13-,14-,15+/m0/s1. The number of hydrogen-bond acceptors (Lipinski definition) is 2. The zero-order valence-corrected chi connectivity index (χ0v) is 13.9. The van der Waals surface area contributed by atoms with E-state index in [9.17, 15) is 18.0 Å². The van der Waals surface area contributed by atoms with Crippen LogP contribution in [-0.4, -0.2) is 39.6 Å². The van der Waals surface area contributed by atoms with Crippen molar-refractivity contribution in [2.45, 2.75) is 57.7 Å². The summed E-state index contributed by atoms with van der Waals surface area (Å²) in [6.07, 6.45) is 2.49. The number of imidazole rings is 1. The van der Waals surface area contributed by atoms with Crippen LogP contribution in [0.1, 0.15) is 50.4 Å². The average Bonchev–Trinajstić information content (AvgIpc) is 3.00. The Kier molecular flexibility index (Phi) is 4.88. The molecule has 2 heterocycles. The molecular weight excluding hydrogens is 319 g/mol. The predicted octanol–water partition coefficient (Wildman–Crippen LogP) is 3.72. The van der Waals surface area contributed by atoms with Gasteiger partial charge in [0.15, 0.2) is 0 Å². The van der Waals surface area contributed by atoms with E-state index in [4.69, 9.17) is 0 Å². The fourth-order valence-corrected chi connectivity index (χ4v) is 4.13. The second-order valence-corrected chi connectivity index (χ2v) is 7.06. The number of amides is 1. The molecular formula is C17H24F3N3O. The van der Waals surface area contributed by atoms with E-state index in [1.54, 1.807) is 11.1 Å². The summed E-state index contributed by atoms with van der Waals surface area (Å²) in [6, 6.07) is 0.173. The highest BCUT2D eigenvalue weighted by molar-refractivity contribution is 5.79. The second-order valence-electron chi connectivity index (χ2n) is 7.06. The molecule has 2 fully saturated rings. The fourth-order valence-electron chi connectivity index (χ4n) is 4.13. The number of alkyl halides is 3. The average molecular weight is 343 g/mol. The number of likely N-dealkylation sites (tertiary alicyclic amines) is 1. The summed E-state index contributed by atoms with van der Waals surface area (Å²) in [5.41, 5.74) is 0. The van der Waals surface area contributed by atoms with Gasteiger partial charge in [0.05, 0.1) is 12.0 Å². The van der Waals surface area contributed by atoms with Crippen LogP contribution >= 0.6 is 0 Å². The quantitative estimate of drug-likeness (QED) is 0.821. The van der Waals surface area contributed by atoms with Gasteiger partial charge >= 0.3 is 6.18 Å². The third kappa shape index (κ3) is 3.59. The summed E-state index contributed by atoms with van der Waals surface area (Å²) in [4.78, 5) is 18.8. The van der Waals surface area contributed by atoms with Gasteiger partial charge in [-0.3, -0.25) is 4.79 Å². The Morgan fingerprint density at radius 1 is 1.25 bits per heavy atom. The van der Waals surface area contributed by atoms with Gasteiger partial charge in [0.25, 0.3) is 0 Å². The molecule has 4 nitrogen and oxygen atoms in total. The highest BCUT2D eigenvalue weighted by atomic mass is 19.4.